The van der Waals surface area contributed by atoms with Gasteiger partial charge in [0.05, 0.1) is 0 Å². The van der Waals surface area contributed by atoms with Crippen LogP contribution in [-0.4, -0.2) is 16.8 Å². The summed E-state index contributed by atoms with van der Waals surface area (Å²) in [6.45, 7) is 0.0729. The Morgan fingerprint density at radius 2 is 2.60 bits per heavy atom. The van der Waals surface area contributed by atoms with Gasteiger partial charge < -0.3 is 4.74 Å². The molecule has 0 amide bonds. The van der Waals surface area contributed by atoms with E-state index in [-0.39, 0.29) is 18.8 Å². The minimum Gasteiger partial charge on any atom is -0.461 e. The van der Waals surface area contributed by atoms with Crippen molar-refractivity contribution in [1.82, 2.24) is 10.3 Å². The largest absolute Gasteiger partial charge is 0.461 e. The van der Waals surface area contributed by atoms with Crippen LogP contribution >= 0.6 is 0 Å². The summed E-state index contributed by atoms with van der Waals surface area (Å²) in [6.07, 6.45) is 0. The normalized spacial score (nSPS) is 9.20. The number of carbonyl (C=O) groups excluding carboxylic acids is 1. The van der Waals surface area contributed by atoms with Gasteiger partial charge >= 0.3 is 5.56 Å². The quantitative estimate of drug-likeness (QED) is 0.552. The Balaban J connectivity index is 2.65. The highest BCUT2D eigenvalue weighted by atomic mass is 16.6. The van der Waals surface area contributed by atoms with Crippen molar-refractivity contribution in [3.05, 3.63) is 16.0 Å². The molecule has 0 radical (unpaired) electrons. The van der Waals surface area contributed by atoms with E-state index in [2.05, 4.69) is 14.5 Å². The summed E-state index contributed by atoms with van der Waals surface area (Å²) in [6, 6.07) is 0. The molecule has 0 aliphatic rings. The summed E-state index contributed by atoms with van der Waals surface area (Å²) in [4.78, 5) is 20.1. The van der Waals surface area contributed by atoms with E-state index in [1.54, 1.807) is 0 Å². The molecule has 0 spiro atoms. The van der Waals surface area contributed by atoms with Crippen LogP contribution in [0.5, 0.6) is 0 Å². The van der Waals surface area contributed by atoms with Crippen molar-refractivity contribution >= 4 is 6.47 Å². The number of nitrogens with zero attached hydrogens (tertiary/aromatic N) is 1. The molecule has 0 bridgehead atoms. The van der Waals surface area contributed by atoms with E-state index in [1.165, 1.54) is 0 Å². The number of aromatic nitrogens is 2. The predicted octanol–water partition coefficient (Wildman–Crippen LogP) is -0.964. The fourth-order valence-electron chi connectivity index (χ4n) is 0.425. The maximum atomic E-state index is 10.5. The van der Waals surface area contributed by atoms with Crippen molar-refractivity contribution in [2.24, 2.45) is 0 Å². The zero-order chi connectivity index (χ0) is 7.40. The molecule has 1 N–H and O–H groups in total. The fraction of sp³-hybridized carbons (Fsp3) is 0.250. The molecule has 54 valence electrons. The molecule has 6 nitrogen and oxygen atoms in total. The lowest BCUT2D eigenvalue weighted by atomic mass is 10.5. The molecule has 1 aromatic heterocycles. The van der Waals surface area contributed by atoms with Crippen molar-refractivity contribution in [3.8, 4) is 0 Å². The van der Waals surface area contributed by atoms with E-state index in [0.717, 1.165) is 0 Å². The lowest BCUT2D eigenvalue weighted by Crippen LogP contribution is -2.07. The first-order chi connectivity index (χ1) is 4.84. The molecule has 0 aliphatic carbocycles. The van der Waals surface area contributed by atoms with Crippen LogP contribution in [0, 0.1) is 0 Å². The molecule has 1 heterocycles. The summed E-state index contributed by atoms with van der Waals surface area (Å²) < 4.78 is 8.39. The highest BCUT2D eigenvalue weighted by Gasteiger charge is 2.02. The Hall–Kier alpha value is -1.59. The highest BCUT2D eigenvalue weighted by Crippen LogP contribution is 1.84. The van der Waals surface area contributed by atoms with Gasteiger partial charge in [-0.25, -0.2) is 0 Å². The summed E-state index contributed by atoms with van der Waals surface area (Å²) in [7, 11) is 0. The lowest BCUT2D eigenvalue weighted by molar-refractivity contribution is -0.129. The SMILES string of the molecule is O=COCc1no[nH]c1=O. The van der Waals surface area contributed by atoms with E-state index < -0.39 is 5.56 Å². The van der Waals surface area contributed by atoms with Crippen LogP contribution in [0.1, 0.15) is 5.69 Å². The average Bonchev–Trinajstić information content (AvgIpc) is 2.31. The van der Waals surface area contributed by atoms with E-state index in [1.807, 2.05) is 5.16 Å². The number of ether oxygens (including phenoxy) is 1. The second-order valence-corrected chi connectivity index (χ2v) is 1.47. The molecule has 6 heteroatoms. The van der Waals surface area contributed by atoms with Crippen molar-refractivity contribution in [2.75, 3.05) is 0 Å². The molecule has 1 aromatic rings. The number of nitrogens with one attached hydrogen (secondary N) is 1. The number of aromatic amines is 1. The first-order valence-electron chi connectivity index (χ1n) is 2.43. The monoisotopic (exact) mass is 144 g/mol. The third-order valence-corrected chi connectivity index (χ3v) is 0.844. The van der Waals surface area contributed by atoms with Crippen LogP contribution < -0.4 is 5.56 Å². The van der Waals surface area contributed by atoms with Gasteiger partial charge in [0.1, 0.15) is 6.61 Å². The molecular weight excluding hydrogens is 140 g/mol. The van der Waals surface area contributed by atoms with E-state index in [9.17, 15) is 9.59 Å². The van der Waals surface area contributed by atoms with Gasteiger partial charge in [-0.2, -0.15) is 5.16 Å². The van der Waals surface area contributed by atoms with Crippen LogP contribution in [0.3, 0.4) is 0 Å². The summed E-state index contributed by atoms with van der Waals surface area (Å²) >= 11 is 0. The van der Waals surface area contributed by atoms with Crippen molar-refractivity contribution < 1.29 is 14.2 Å². The molecule has 0 aliphatic heterocycles. The zero-order valence-electron chi connectivity index (χ0n) is 4.86. The second kappa shape index (κ2) is 2.81. The van der Waals surface area contributed by atoms with Gasteiger partial charge in [0.15, 0.2) is 5.69 Å². The molecule has 0 unspecified atom stereocenters. The molecule has 0 aromatic carbocycles. The third-order valence-electron chi connectivity index (χ3n) is 0.844. The first kappa shape index (κ1) is 6.53. The second-order valence-electron chi connectivity index (χ2n) is 1.47. The Morgan fingerprint density at radius 1 is 1.80 bits per heavy atom. The van der Waals surface area contributed by atoms with Gasteiger partial charge in [0.25, 0.3) is 6.47 Å². The third kappa shape index (κ3) is 1.22. The highest BCUT2D eigenvalue weighted by molar-refractivity contribution is 5.36. The Bertz CT molecular complexity index is 262. The summed E-state index contributed by atoms with van der Waals surface area (Å²) in [5.74, 6) is 0. The number of rotatable bonds is 3. The average molecular weight is 144 g/mol. The van der Waals surface area contributed by atoms with Crippen LogP contribution in [-0.2, 0) is 16.1 Å². The van der Waals surface area contributed by atoms with Gasteiger partial charge in [0, 0.05) is 0 Å². The van der Waals surface area contributed by atoms with Gasteiger partial charge in [-0.15, -0.1) is 0 Å². The molecule has 0 atom stereocenters. The maximum absolute atomic E-state index is 10.5. The summed E-state index contributed by atoms with van der Waals surface area (Å²) in [5.41, 5.74) is -0.436. The van der Waals surface area contributed by atoms with Gasteiger partial charge in [-0.05, 0) is 5.16 Å². The summed E-state index contributed by atoms with van der Waals surface area (Å²) in [5, 5.41) is 5.17. The maximum Gasteiger partial charge on any atom is 0.307 e. The van der Waals surface area contributed by atoms with Gasteiger partial charge in [-0.3, -0.25) is 14.2 Å². The minimum absolute atomic E-state index is 0.0482. The van der Waals surface area contributed by atoms with Gasteiger partial charge in [0.2, 0.25) is 0 Å². The van der Waals surface area contributed by atoms with E-state index in [0.29, 0.717) is 0 Å². The first-order valence-corrected chi connectivity index (χ1v) is 2.43. The van der Waals surface area contributed by atoms with Crippen LogP contribution in [0.25, 0.3) is 0 Å². The number of hydrogen-bond donors (Lipinski definition) is 1. The molecule has 1 rings (SSSR count). The number of H-pyrrole nitrogens is 1. The number of hydrogen-bond acceptors (Lipinski definition) is 5. The standard InChI is InChI=1S/C4H4N2O4/c7-2-9-1-3-4(8)6-10-5-3/h2H,1H2,(H,6,8). The zero-order valence-corrected chi connectivity index (χ0v) is 4.86. The number of carbonyl (C=O) groups is 1. The molecular formula is C4H4N2O4. The van der Waals surface area contributed by atoms with Crippen molar-refractivity contribution in [3.63, 3.8) is 0 Å². The Kier molecular flexibility index (Phi) is 1.83. The van der Waals surface area contributed by atoms with Crippen LogP contribution in [0.2, 0.25) is 0 Å². The molecule has 0 fully saturated rings. The smallest absolute Gasteiger partial charge is 0.307 e. The lowest BCUT2D eigenvalue weighted by Gasteiger charge is -1.86. The Morgan fingerprint density at radius 3 is 3.10 bits per heavy atom. The van der Waals surface area contributed by atoms with Gasteiger partial charge in [-0.1, -0.05) is 0 Å². The van der Waals surface area contributed by atoms with Crippen molar-refractivity contribution in [2.45, 2.75) is 6.61 Å². The topological polar surface area (TPSA) is 85.2 Å². The van der Waals surface area contributed by atoms with E-state index >= 15 is 0 Å². The van der Waals surface area contributed by atoms with Crippen LogP contribution in [0.4, 0.5) is 0 Å². The fourth-order valence-corrected chi connectivity index (χ4v) is 0.425. The molecule has 0 saturated carbocycles. The molecule has 10 heavy (non-hydrogen) atoms. The minimum atomic E-state index is -0.484. The van der Waals surface area contributed by atoms with E-state index in [4.69, 9.17) is 0 Å². The molecule has 0 saturated heterocycles. The predicted molar refractivity (Wildman–Crippen MR) is 28.0 cm³/mol. The Labute approximate surface area is 54.7 Å². The van der Waals surface area contributed by atoms with Crippen molar-refractivity contribution in [1.29, 1.82) is 0 Å². The van der Waals surface area contributed by atoms with Crippen LogP contribution in [0.15, 0.2) is 9.42 Å².